The Hall–Kier alpha value is -1.26. The first-order valence-electron chi connectivity index (χ1n) is 5.79. The third kappa shape index (κ3) is 3.37. The van der Waals surface area contributed by atoms with Gasteiger partial charge in [0.25, 0.3) is 0 Å². The molecule has 98 valence electrons. The Kier molecular flexibility index (Phi) is 3.78. The van der Waals surface area contributed by atoms with Gasteiger partial charge in [0.1, 0.15) is 12.2 Å². The second kappa shape index (κ2) is 5.16. The summed E-state index contributed by atoms with van der Waals surface area (Å²) in [6.07, 6.45) is 0.298. The van der Waals surface area contributed by atoms with Crippen LogP contribution in [0, 0.1) is 0 Å². The Labute approximate surface area is 111 Å². The van der Waals surface area contributed by atoms with Crippen molar-refractivity contribution in [2.24, 2.45) is 0 Å². The SMILES string of the molecule is CCC(=O)Oc1cc(Cl)ccc1OC[C@]1(C)CO1. The number of rotatable bonds is 5. The van der Waals surface area contributed by atoms with Crippen molar-refractivity contribution in [3.8, 4) is 11.5 Å². The van der Waals surface area contributed by atoms with Crippen molar-refractivity contribution in [1.29, 1.82) is 0 Å². The fourth-order valence-corrected chi connectivity index (χ4v) is 1.47. The standard InChI is InChI=1S/C13H15ClO4/c1-3-12(15)18-11-6-9(14)4-5-10(11)16-7-13(2)8-17-13/h4-6H,3,7-8H2,1-2H3/t13-/m1/s1. The lowest BCUT2D eigenvalue weighted by Crippen LogP contribution is -2.17. The first-order chi connectivity index (χ1) is 8.52. The fraction of sp³-hybridized carbons (Fsp3) is 0.462. The lowest BCUT2D eigenvalue weighted by atomic mass is 10.2. The molecular weight excluding hydrogens is 256 g/mol. The molecule has 0 aliphatic carbocycles. The number of ether oxygens (including phenoxy) is 3. The van der Waals surface area contributed by atoms with Crippen molar-refractivity contribution in [2.75, 3.05) is 13.2 Å². The molecule has 2 rings (SSSR count). The maximum atomic E-state index is 11.3. The number of epoxide rings is 1. The number of benzene rings is 1. The molecule has 0 bridgehead atoms. The van der Waals surface area contributed by atoms with Crippen LogP contribution in [-0.2, 0) is 9.53 Å². The van der Waals surface area contributed by atoms with Gasteiger partial charge in [-0.05, 0) is 19.1 Å². The summed E-state index contributed by atoms with van der Waals surface area (Å²) in [6, 6.07) is 4.95. The van der Waals surface area contributed by atoms with Gasteiger partial charge in [-0.3, -0.25) is 4.79 Å². The second-order valence-electron chi connectivity index (χ2n) is 4.45. The Balaban J connectivity index is 2.09. The van der Waals surface area contributed by atoms with E-state index in [4.69, 9.17) is 25.8 Å². The Morgan fingerprint density at radius 3 is 2.83 bits per heavy atom. The molecule has 0 unspecified atom stereocenters. The molecule has 1 heterocycles. The average molecular weight is 271 g/mol. The Bertz CT molecular complexity index is 454. The van der Waals surface area contributed by atoms with Crippen molar-refractivity contribution in [1.82, 2.24) is 0 Å². The van der Waals surface area contributed by atoms with E-state index in [0.717, 1.165) is 0 Å². The van der Waals surface area contributed by atoms with Gasteiger partial charge in [-0.1, -0.05) is 18.5 Å². The molecule has 0 N–H and O–H groups in total. The zero-order valence-electron chi connectivity index (χ0n) is 10.4. The van der Waals surface area contributed by atoms with Crippen LogP contribution < -0.4 is 9.47 Å². The number of hydrogen-bond acceptors (Lipinski definition) is 4. The summed E-state index contributed by atoms with van der Waals surface area (Å²) in [4.78, 5) is 11.3. The topological polar surface area (TPSA) is 48.1 Å². The first-order valence-corrected chi connectivity index (χ1v) is 6.17. The van der Waals surface area contributed by atoms with Crippen LogP contribution in [0.25, 0.3) is 0 Å². The van der Waals surface area contributed by atoms with Crippen LogP contribution in [0.4, 0.5) is 0 Å². The third-order valence-corrected chi connectivity index (χ3v) is 2.82. The third-order valence-electron chi connectivity index (χ3n) is 2.59. The molecule has 0 amide bonds. The minimum atomic E-state index is -0.323. The smallest absolute Gasteiger partial charge is 0.311 e. The molecule has 1 fully saturated rings. The fourth-order valence-electron chi connectivity index (χ4n) is 1.31. The monoisotopic (exact) mass is 270 g/mol. The molecule has 1 aromatic rings. The highest BCUT2D eigenvalue weighted by molar-refractivity contribution is 6.30. The van der Waals surface area contributed by atoms with E-state index in [1.165, 1.54) is 0 Å². The van der Waals surface area contributed by atoms with Gasteiger partial charge in [-0.15, -0.1) is 0 Å². The van der Waals surface area contributed by atoms with Crippen molar-refractivity contribution in [3.05, 3.63) is 23.2 Å². The summed E-state index contributed by atoms with van der Waals surface area (Å²) in [5, 5.41) is 0.495. The Morgan fingerprint density at radius 2 is 2.22 bits per heavy atom. The molecule has 4 nitrogen and oxygen atoms in total. The van der Waals surface area contributed by atoms with Crippen LogP contribution in [0.15, 0.2) is 18.2 Å². The molecule has 0 radical (unpaired) electrons. The van der Waals surface area contributed by atoms with Crippen LogP contribution in [0.3, 0.4) is 0 Å². The predicted octanol–water partition coefficient (Wildman–Crippen LogP) is 2.82. The highest BCUT2D eigenvalue weighted by Crippen LogP contribution is 2.33. The van der Waals surface area contributed by atoms with Crippen LogP contribution in [-0.4, -0.2) is 24.8 Å². The van der Waals surface area contributed by atoms with Gasteiger partial charge < -0.3 is 14.2 Å². The highest BCUT2D eigenvalue weighted by Gasteiger charge is 2.40. The number of halogens is 1. The molecule has 1 saturated heterocycles. The number of carbonyl (C=O) groups is 1. The Morgan fingerprint density at radius 1 is 1.50 bits per heavy atom. The molecule has 1 aliphatic rings. The van der Waals surface area contributed by atoms with Crippen LogP contribution in [0.2, 0.25) is 5.02 Å². The van der Waals surface area contributed by atoms with Crippen LogP contribution in [0.5, 0.6) is 11.5 Å². The van der Waals surface area contributed by atoms with E-state index in [2.05, 4.69) is 0 Å². The molecule has 5 heteroatoms. The largest absolute Gasteiger partial charge is 0.487 e. The number of hydrogen-bond donors (Lipinski definition) is 0. The molecule has 1 atom stereocenters. The predicted molar refractivity (Wildman–Crippen MR) is 67.2 cm³/mol. The molecular formula is C13H15ClO4. The van der Waals surface area contributed by atoms with Gasteiger partial charge in [0.2, 0.25) is 0 Å². The van der Waals surface area contributed by atoms with Crippen LogP contribution in [0.1, 0.15) is 20.3 Å². The summed E-state index contributed by atoms with van der Waals surface area (Å²) in [5.74, 6) is 0.521. The van der Waals surface area contributed by atoms with Crippen molar-refractivity contribution >= 4 is 17.6 Å². The van der Waals surface area contributed by atoms with Crippen molar-refractivity contribution in [2.45, 2.75) is 25.9 Å². The summed E-state index contributed by atoms with van der Waals surface area (Å²) >= 11 is 5.87. The first kappa shape index (κ1) is 13.2. The summed E-state index contributed by atoms with van der Waals surface area (Å²) in [7, 11) is 0. The van der Waals surface area contributed by atoms with E-state index < -0.39 is 0 Å². The van der Waals surface area contributed by atoms with Gasteiger partial charge >= 0.3 is 5.97 Å². The van der Waals surface area contributed by atoms with E-state index in [1.807, 2.05) is 6.92 Å². The lowest BCUT2D eigenvalue weighted by molar-refractivity contribution is -0.134. The summed E-state index contributed by atoms with van der Waals surface area (Å²) < 4.78 is 16.0. The van der Waals surface area contributed by atoms with E-state index in [1.54, 1.807) is 25.1 Å². The molecule has 18 heavy (non-hydrogen) atoms. The number of esters is 1. The van der Waals surface area contributed by atoms with Gasteiger partial charge in [-0.25, -0.2) is 0 Å². The van der Waals surface area contributed by atoms with Crippen molar-refractivity contribution < 1.29 is 19.0 Å². The van der Waals surface area contributed by atoms with Gasteiger partial charge in [0, 0.05) is 17.5 Å². The average Bonchev–Trinajstić information content (AvgIpc) is 3.06. The quantitative estimate of drug-likeness (QED) is 0.469. The van der Waals surface area contributed by atoms with E-state index in [-0.39, 0.29) is 11.6 Å². The molecule has 0 saturated carbocycles. The lowest BCUT2D eigenvalue weighted by Gasteiger charge is -2.13. The van der Waals surface area contributed by atoms with E-state index >= 15 is 0 Å². The molecule has 0 spiro atoms. The van der Waals surface area contributed by atoms with Crippen LogP contribution >= 0.6 is 11.6 Å². The van der Waals surface area contributed by atoms with Crippen molar-refractivity contribution in [3.63, 3.8) is 0 Å². The zero-order chi connectivity index (χ0) is 13.2. The maximum Gasteiger partial charge on any atom is 0.311 e. The van der Waals surface area contributed by atoms with Gasteiger partial charge in [0.05, 0.1) is 6.61 Å². The molecule has 1 aliphatic heterocycles. The maximum absolute atomic E-state index is 11.3. The number of carbonyl (C=O) groups excluding carboxylic acids is 1. The van der Waals surface area contributed by atoms with E-state index in [0.29, 0.717) is 36.2 Å². The van der Waals surface area contributed by atoms with E-state index in [9.17, 15) is 4.79 Å². The zero-order valence-corrected chi connectivity index (χ0v) is 11.1. The minimum absolute atomic E-state index is 0.217. The van der Waals surface area contributed by atoms with Gasteiger partial charge in [-0.2, -0.15) is 0 Å². The highest BCUT2D eigenvalue weighted by atomic mass is 35.5. The molecule has 0 aromatic heterocycles. The normalized spacial score (nSPS) is 21.5. The van der Waals surface area contributed by atoms with Gasteiger partial charge in [0.15, 0.2) is 11.5 Å². The molecule has 1 aromatic carbocycles. The summed E-state index contributed by atoms with van der Waals surface area (Å²) in [5.41, 5.74) is -0.217. The second-order valence-corrected chi connectivity index (χ2v) is 4.88. The summed E-state index contributed by atoms with van der Waals surface area (Å²) in [6.45, 7) is 4.79. The minimum Gasteiger partial charge on any atom is -0.487 e.